The first kappa shape index (κ1) is 14.4. The van der Waals surface area contributed by atoms with Crippen LogP contribution in [0.1, 0.15) is 32.1 Å². The highest BCUT2D eigenvalue weighted by atomic mass is 16.3. The molecule has 1 amide bonds. The van der Waals surface area contributed by atoms with Crippen molar-refractivity contribution in [1.82, 2.24) is 0 Å². The lowest BCUT2D eigenvalue weighted by Crippen LogP contribution is -2.27. The predicted molar refractivity (Wildman–Crippen MR) is 70.2 cm³/mol. The summed E-state index contributed by atoms with van der Waals surface area (Å²) in [6.07, 6.45) is 3.30. The molecule has 1 aromatic rings. The van der Waals surface area contributed by atoms with Crippen molar-refractivity contribution in [3.05, 3.63) is 30.3 Å². The molecule has 4 nitrogen and oxygen atoms in total. The van der Waals surface area contributed by atoms with Gasteiger partial charge in [0.15, 0.2) is 0 Å². The highest BCUT2D eigenvalue weighted by Gasteiger charge is 2.14. The first-order valence-corrected chi connectivity index (χ1v) is 6.21. The Hall–Kier alpha value is -1.68. The number of carbonyl (C=O) groups is 2. The van der Waals surface area contributed by atoms with Crippen molar-refractivity contribution in [2.45, 2.75) is 38.2 Å². The standard InChI is InChI=1S/C14H19NO3/c16-11-7-2-1-6-10-13(17)14(18)15-12-8-4-3-5-9-12/h3-5,8-9,11,13,17H,1-2,6-7,10H2,(H,15,18). The minimum atomic E-state index is -0.985. The molecule has 98 valence electrons. The number of rotatable bonds is 8. The van der Waals surface area contributed by atoms with E-state index in [0.717, 1.165) is 25.5 Å². The van der Waals surface area contributed by atoms with E-state index >= 15 is 0 Å². The molecular weight excluding hydrogens is 230 g/mol. The number of para-hydroxylation sites is 1. The van der Waals surface area contributed by atoms with Crippen LogP contribution in [-0.2, 0) is 9.59 Å². The maximum atomic E-state index is 11.6. The normalized spacial score (nSPS) is 11.8. The summed E-state index contributed by atoms with van der Waals surface area (Å²) in [5.41, 5.74) is 0.683. The molecule has 0 saturated heterocycles. The van der Waals surface area contributed by atoms with Gasteiger partial charge in [0, 0.05) is 12.1 Å². The van der Waals surface area contributed by atoms with Crippen LogP contribution in [0.2, 0.25) is 0 Å². The fourth-order valence-electron chi connectivity index (χ4n) is 1.62. The van der Waals surface area contributed by atoms with E-state index in [0.29, 0.717) is 18.5 Å². The van der Waals surface area contributed by atoms with E-state index in [2.05, 4.69) is 5.32 Å². The second-order valence-corrected chi connectivity index (χ2v) is 4.18. The number of carbonyl (C=O) groups excluding carboxylic acids is 2. The highest BCUT2D eigenvalue weighted by molar-refractivity contribution is 5.93. The van der Waals surface area contributed by atoms with Crippen LogP contribution in [0.25, 0.3) is 0 Å². The molecule has 0 aromatic heterocycles. The molecule has 0 radical (unpaired) electrons. The molecule has 1 aromatic carbocycles. The number of anilines is 1. The van der Waals surface area contributed by atoms with Crippen LogP contribution in [0, 0.1) is 0 Å². The number of unbranched alkanes of at least 4 members (excludes halogenated alkanes) is 3. The number of aldehydes is 1. The van der Waals surface area contributed by atoms with Gasteiger partial charge < -0.3 is 15.2 Å². The number of aliphatic hydroxyl groups is 1. The third-order valence-corrected chi connectivity index (χ3v) is 2.64. The van der Waals surface area contributed by atoms with E-state index in [1.54, 1.807) is 12.1 Å². The molecular formula is C14H19NO3. The van der Waals surface area contributed by atoms with Crippen LogP contribution >= 0.6 is 0 Å². The van der Waals surface area contributed by atoms with Gasteiger partial charge in [0.25, 0.3) is 5.91 Å². The fraction of sp³-hybridized carbons (Fsp3) is 0.429. The Balaban J connectivity index is 2.23. The van der Waals surface area contributed by atoms with Gasteiger partial charge in [-0.25, -0.2) is 0 Å². The minimum absolute atomic E-state index is 0.378. The SMILES string of the molecule is O=CCCCCCC(O)C(=O)Nc1ccccc1. The monoisotopic (exact) mass is 249 g/mol. The molecule has 0 fully saturated rings. The van der Waals surface area contributed by atoms with Gasteiger partial charge in [-0.2, -0.15) is 0 Å². The second-order valence-electron chi connectivity index (χ2n) is 4.18. The number of hydrogen-bond donors (Lipinski definition) is 2. The van der Waals surface area contributed by atoms with Gasteiger partial charge in [0.05, 0.1) is 0 Å². The lowest BCUT2D eigenvalue weighted by Gasteiger charge is -2.10. The van der Waals surface area contributed by atoms with E-state index in [9.17, 15) is 14.7 Å². The third-order valence-electron chi connectivity index (χ3n) is 2.64. The van der Waals surface area contributed by atoms with Gasteiger partial charge in [-0.05, 0) is 25.0 Å². The van der Waals surface area contributed by atoms with Gasteiger partial charge in [0.1, 0.15) is 12.4 Å². The zero-order valence-electron chi connectivity index (χ0n) is 10.3. The second kappa shape index (κ2) is 8.42. The van der Waals surface area contributed by atoms with Crippen molar-refractivity contribution in [2.75, 3.05) is 5.32 Å². The van der Waals surface area contributed by atoms with Gasteiger partial charge in [-0.1, -0.05) is 31.0 Å². The number of aliphatic hydroxyl groups excluding tert-OH is 1. The van der Waals surface area contributed by atoms with Gasteiger partial charge in [-0.15, -0.1) is 0 Å². The van der Waals surface area contributed by atoms with Gasteiger partial charge in [0.2, 0.25) is 0 Å². The third kappa shape index (κ3) is 5.59. The summed E-state index contributed by atoms with van der Waals surface area (Å²) in [6.45, 7) is 0. The summed E-state index contributed by atoms with van der Waals surface area (Å²) in [6, 6.07) is 9.05. The van der Waals surface area contributed by atoms with E-state index < -0.39 is 6.10 Å². The van der Waals surface area contributed by atoms with Crippen molar-refractivity contribution in [3.63, 3.8) is 0 Å². The average Bonchev–Trinajstić information content (AvgIpc) is 2.39. The Morgan fingerprint density at radius 2 is 1.94 bits per heavy atom. The van der Waals surface area contributed by atoms with Crippen LogP contribution in [0.5, 0.6) is 0 Å². The summed E-state index contributed by atoms with van der Waals surface area (Å²) in [7, 11) is 0. The molecule has 1 atom stereocenters. The topological polar surface area (TPSA) is 66.4 Å². The van der Waals surface area contributed by atoms with E-state index in [1.165, 1.54) is 0 Å². The first-order chi connectivity index (χ1) is 8.74. The Labute approximate surface area is 107 Å². The number of benzene rings is 1. The summed E-state index contributed by atoms with van der Waals surface area (Å²) >= 11 is 0. The molecule has 0 aliphatic carbocycles. The molecule has 1 rings (SSSR count). The molecule has 0 aliphatic rings. The van der Waals surface area contributed by atoms with Crippen molar-refractivity contribution >= 4 is 17.9 Å². The average molecular weight is 249 g/mol. The van der Waals surface area contributed by atoms with E-state index in [1.807, 2.05) is 18.2 Å². The predicted octanol–water partition coefficient (Wildman–Crippen LogP) is 2.14. The van der Waals surface area contributed by atoms with Crippen molar-refractivity contribution in [1.29, 1.82) is 0 Å². The quantitative estimate of drug-likeness (QED) is 0.548. The van der Waals surface area contributed by atoms with Crippen molar-refractivity contribution < 1.29 is 14.7 Å². The number of amides is 1. The molecule has 0 aliphatic heterocycles. The van der Waals surface area contributed by atoms with E-state index in [-0.39, 0.29) is 5.91 Å². The summed E-state index contributed by atoms with van der Waals surface area (Å²) in [4.78, 5) is 21.7. The highest BCUT2D eigenvalue weighted by Crippen LogP contribution is 2.09. The molecule has 2 N–H and O–H groups in total. The largest absolute Gasteiger partial charge is 0.383 e. The van der Waals surface area contributed by atoms with Crippen LogP contribution in [0.4, 0.5) is 5.69 Å². The van der Waals surface area contributed by atoms with Crippen LogP contribution in [-0.4, -0.2) is 23.4 Å². The summed E-state index contributed by atoms with van der Waals surface area (Å²) in [5.74, 6) is -0.378. The zero-order chi connectivity index (χ0) is 13.2. The number of hydrogen-bond acceptors (Lipinski definition) is 3. The van der Waals surface area contributed by atoms with Gasteiger partial charge >= 0.3 is 0 Å². The fourth-order valence-corrected chi connectivity index (χ4v) is 1.62. The molecule has 0 heterocycles. The number of nitrogens with one attached hydrogen (secondary N) is 1. The van der Waals surface area contributed by atoms with Crippen LogP contribution in [0.15, 0.2) is 30.3 Å². The lowest BCUT2D eigenvalue weighted by molar-refractivity contribution is -0.124. The van der Waals surface area contributed by atoms with Crippen molar-refractivity contribution in [3.8, 4) is 0 Å². The summed E-state index contributed by atoms with van der Waals surface area (Å²) in [5, 5.41) is 12.3. The molecule has 18 heavy (non-hydrogen) atoms. The summed E-state index contributed by atoms with van der Waals surface area (Å²) < 4.78 is 0. The minimum Gasteiger partial charge on any atom is -0.383 e. The Morgan fingerprint density at radius 3 is 2.61 bits per heavy atom. The Bertz CT molecular complexity index is 365. The molecule has 0 saturated carbocycles. The first-order valence-electron chi connectivity index (χ1n) is 6.21. The van der Waals surface area contributed by atoms with Crippen LogP contribution in [0.3, 0.4) is 0 Å². The maximum Gasteiger partial charge on any atom is 0.253 e. The zero-order valence-corrected chi connectivity index (χ0v) is 10.3. The maximum absolute atomic E-state index is 11.6. The van der Waals surface area contributed by atoms with Crippen molar-refractivity contribution in [2.24, 2.45) is 0 Å². The molecule has 1 unspecified atom stereocenters. The van der Waals surface area contributed by atoms with Crippen LogP contribution < -0.4 is 5.32 Å². The molecule has 4 heteroatoms. The Morgan fingerprint density at radius 1 is 1.22 bits per heavy atom. The molecule has 0 spiro atoms. The Kier molecular flexibility index (Phi) is 6.72. The van der Waals surface area contributed by atoms with Gasteiger partial charge in [-0.3, -0.25) is 4.79 Å². The lowest BCUT2D eigenvalue weighted by atomic mass is 10.1. The smallest absolute Gasteiger partial charge is 0.253 e. The molecule has 0 bridgehead atoms. The van der Waals surface area contributed by atoms with E-state index in [4.69, 9.17) is 0 Å².